The van der Waals surface area contributed by atoms with Crippen LogP contribution in [0.5, 0.6) is 0 Å². The highest BCUT2D eigenvalue weighted by Gasteiger charge is 2.33. The summed E-state index contributed by atoms with van der Waals surface area (Å²) in [4.78, 5) is 21.0. The van der Waals surface area contributed by atoms with E-state index in [2.05, 4.69) is 13.8 Å². The van der Waals surface area contributed by atoms with Gasteiger partial charge in [0.05, 0.1) is 0 Å². The first-order chi connectivity index (χ1) is 17.6. The minimum Gasteiger partial charge on any atom is -0.481 e. The molecular weight excluding hydrogens is 468 g/mol. The highest BCUT2D eigenvalue weighted by atomic mass is 16.5. The van der Waals surface area contributed by atoms with Crippen LogP contribution in [0.3, 0.4) is 0 Å². The average Bonchev–Trinajstić information content (AvgIpc) is 2.81. The van der Waals surface area contributed by atoms with Crippen LogP contribution in [-0.4, -0.2) is 38.2 Å². The van der Waals surface area contributed by atoms with Gasteiger partial charge in [-0.05, 0) is 38.0 Å². The van der Waals surface area contributed by atoms with Crippen molar-refractivity contribution in [1.29, 1.82) is 0 Å². The Bertz CT molecular complexity index is 546. The standard InChI is InChI=1S/C31H60O6/c1-27(2)26-28(22-18-14-10-6-3-4-7-11-15-19-23-29(32)33)31(36,37)25-21-17-13-9-5-8-12-16-20-24-30(34)35/h27-28,36-37H,3-26H2,1-2H3,(H,32,33)(H,34,35). The first-order valence-electron chi connectivity index (χ1n) is 15.5. The number of carboxylic acid groups (broad SMARTS) is 2. The lowest BCUT2D eigenvalue weighted by atomic mass is 9.82. The van der Waals surface area contributed by atoms with Crippen molar-refractivity contribution in [3.8, 4) is 0 Å². The summed E-state index contributed by atoms with van der Waals surface area (Å²) in [6.07, 6.45) is 23.5. The van der Waals surface area contributed by atoms with E-state index in [0.717, 1.165) is 89.9 Å². The molecule has 0 saturated carbocycles. The van der Waals surface area contributed by atoms with Crippen LogP contribution < -0.4 is 0 Å². The summed E-state index contributed by atoms with van der Waals surface area (Å²) in [7, 11) is 0. The van der Waals surface area contributed by atoms with E-state index in [1.54, 1.807) is 0 Å². The third-order valence-electron chi connectivity index (χ3n) is 7.54. The summed E-state index contributed by atoms with van der Waals surface area (Å²) in [5, 5.41) is 39.0. The van der Waals surface area contributed by atoms with Gasteiger partial charge in [0.15, 0.2) is 5.79 Å². The van der Waals surface area contributed by atoms with E-state index in [9.17, 15) is 19.8 Å². The molecule has 0 saturated heterocycles. The van der Waals surface area contributed by atoms with Crippen molar-refractivity contribution in [1.82, 2.24) is 0 Å². The average molecular weight is 529 g/mol. The number of hydrogen-bond donors (Lipinski definition) is 4. The van der Waals surface area contributed by atoms with Crippen LogP contribution in [-0.2, 0) is 9.59 Å². The SMILES string of the molecule is CC(C)CC(CCCCCCCCCCCCC(=O)O)C(O)(O)CCCCCCCCCCCC(=O)O. The van der Waals surface area contributed by atoms with Gasteiger partial charge in [0.2, 0.25) is 0 Å². The fourth-order valence-electron chi connectivity index (χ4n) is 5.29. The second-order valence-electron chi connectivity index (χ2n) is 11.7. The summed E-state index contributed by atoms with van der Waals surface area (Å²) in [6, 6.07) is 0. The van der Waals surface area contributed by atoms with Gasteiger partial charge in [-0.25, -0.2) is 0 Å². The van der Waals surface area contributed by atoms with Crippen LogP contribution in [0.1, 0.15) is 168 Å². The molecule has 6 nitrogen and oxygen atoms in total. The summed E-state index contributed by atoms with van der Waals surface area (Å²) in [6.45, 7) is 4.32. The van der Waals surface area contributed by atoms with Crippen LogP contribution >= 0.6 is 0 Å². The fraction of sp³-hybridized carbons (Fsp3) is 0.935. The largest absolute Gasteiger partial charge is 0.481 e. The number of aliphatic hydroxyl groups is 2. The molecule has 0 bridgehead atoms. The van der Waals surface area contributed by atoms with Crippen molar-refractivity contribution in [2.75, 3.05) is 0 Å². The number of carbonyl (C=O) groups is 2. The monoisotopic (exact) mass is 528 g/mol. The third-order valence-corrected chi connectivity index (χ3v) is 7.54. The van der Waals surface area contributed by atoms with Crippen LogP contribution in [0, 0.1) is 11.8 Å². The van der Waals surface area contributed by atoms with E-state index in [-0.39, 0.29) is 12.3 Å². The summed E-state index contributed by atoms with van der Waals surface area (Å²) in [5.74, 6) is -2.56. The fourth-order valence-corrected chi connectivity index (χ4v) is 5.29. The molecule has 0 amide bonds. The summed E-state index contributed by atoms with van der Waals surface area (Å²) < 4.78 is 0. The Balaban J connectivity index is 3.87. The molecule has 1 atom stereocenters. The zero-order valence-electron chi connectivity index (χ0n) is 24.2. The maximum Gasteiger partial charge on any atom is 0.303 e. The predicted octanol–water partition coefficient (Wildman–Crippen LogP) is 8.47. The highest BCUT2D eigenvalue weighted by molar-refractivity contribution is 5.66. The van der Waals surface area contributed by atoms with Crippen molar-refractivity contribution in [3.05, 3.63) is 0 Å². The summed E-state index contributed by atoms with van der Waals surface area (Å²) in [5.41, 5.74) is 0. The van der Waals surface area contributed by atoms with Crippen LogP contribution in [0.25, 0.3) is 0 Å². The van der Waals surface area contributed by atoms with E-state index in [0.29, 0.717) is 18.8 Å². The molecule has 6 heteroatoms. The molecular formula is C31H60O6. The van der Waals surface area contributed by atoms with Crippen molar-refractivity contribution in [2.24, 2.45) is 11.8 Å². The molecule has 0 rings (SSSR count). The van der Waals surface area contributed by atoms with Gasteiger partial charge in [-0.2, -0.15) is 0 Å². The lowest BCUT2D eigenvalue weighted by Crippen LogP contribution is -2.38. The molecule has 0 fully saturated rings. The molecule has 1 unspecified atom stereocenters. The first-order valence-corrected chi connectivity index (χ1v) is 15.5. The Kier molecular flexibility index (Phi) is 23.2. The number of aliphatic carboxylic acids is 2. The zero-order chi connectivity index (χ0) is 27.8. The second-order valence-corrected chi connectivity index (χ2v) is 11.7. The molecule has 0 aromatic rings. The predicted molar refractivity (Wildman–Crippen MR) is 152 cm³/mol. The number of rotatable bonds is 28. The molecule has 0 aliphatic rings. The Hall–Kier alpha value is -1.14. The number of unbranched alkanes of at least 4 members (excludes halogenated alkanes) is 17. The lowest BCUT2D eigenvalue weighted by Gasteiger charge is -2.33. The second kappa shape index (κ2) is 23.9. The van der Waals surface area contributed by atoms with Gasteiger partial charge in [-0.1, -0.05) is 117 Å². The molecule has 220 valence electrons. The Morgan fingerprint density at radius 3 is 1.22 bits per heavy atom. The normalized spacial score (nSPS) is 12.8. The van der Waals surface area contributed by atoms with E-state index < -0.39 is 17.7 Å². The van der Waals surface area contributed by atoms with Gasteiger partial charge < -0.3 is 20.4 Å². The van der Waals surface area contributed by atoms with Gasteiger partial charge in [0.1, 0.15) is 0 Å². The molecule has 37 heavy (non-hydrogen) atoms. The van der Waals surface area contributed by atoms with Crippen LogP contribution in [0.2, 0.25) is 0 Å². The maximum atomic E-state index is 10.9. The molecule has 0 aromatic heterocycles. The minimum absolute atomic E-state index is 0.0518. The van der Waals surface area contributed by atoms with Gasteiger partial charge in [-0.3, -0.25) is 9.59 Å². The van der Waals surface area contributed by atoms with Crippen molar-refractivity contribution in [3.63, 3.8) is 0 Å². The van der Waals surface area contributed by atoms with E-state index >= 15 is 0 Å². The maximum absolute atomic E-state index is 10.9. The zero-order valence-corrected chi connectivity index (χ0v) is 24.2. The van der Waals surface area contributed by atoms with Gasteiger partial charge in [0.25, 0.3) is 0 Å². The first kappa shape index (κ1) is 35.9. The number of hydrogen-bond acceptors (Lipinski definition) is 4. The summed E-state index contributed by atoms with van der Waals surface area (Å²) >= 11 is 0. The molecule has 0 radical (unpaired) electrons. The molecule has 0 aliphatic heterocycles. The van der Waals surface area contributed by atoms with Crippen molar-refractivity contribution >= 4 is 11.9 Å². The Morgan fingerprint density at radius 1 is 0.541 bits per heavy atom. The van der Waals surface area contributed by atoms with E-state index in [4.69, 9.17) is 10.2 Å². The van der Waals surface area contributed by atoms with E-state index in [1.165, 1.54) is 44.9 Å². The molecule has 0 heterocycles. The molecule has 0 aliphatic carbocycles. The smallest absolute Gasteiger partial charge is 0.303 e. The van der Waals surface area contributed by atoms with Gasteiger partial charge in [0, 0.05) is 25.2 Å². The van der Waals surface area contributed by atoms with E-state index in [1.807, 2.05) is 0 Å². The quantitative estimate of drug-likeness (QED) is 0.0598. The van der Waals surface area contributed by atoms with Crippen LogP contribution in [0.15, 0.2) is 0 Å². The third kappa shape index (κ3) is 24.9. The molecule has 4 N–H and O–H groups in total. The van der Waals surface area contributed by atoms with Gasteiger partial charge in [-0.15, -0.1) is 0 Å². The van der Waals surface area contributed by atoms with Crippen molar-refractivity contribution in [2.45, 2.75) is 174 Å². The minimum atomic E-state index is -1.56. The Labute approximate surface area is 227 Å². The lowest BCUT2D eigenvalue weighted by molar-refractivity contribution is -0.210. The Morgan fingerprint density at radius 2 is 0.865 bits per heavy atom. The highest BCUT2D eigenvalue weighted by Crippen LogP contribution is 2.32. The van der Waals surface area contributed by atoms with Gasteiger partial charge >= 0.3 is 11.9 Å². The molecule has 0 aromatic carbocycles. The van der Waals surface area contributed by atoms with Crippen molar-refractivity contribution < 1.29 is 30.0 Å². The van der Waals surface area contributed by atoms with Crippen LogP contribution in [0.4, 0.5) is 0 Å². The number of carboxylic acids is 2. The molecule has 0 spiro atoms. The topological polar surface area (TPSA) is 115 Å².